The summed E-state index contributed by atoms with van der Waals surface area (Å²) in [5, 5.41) is 12.1. The summed E-state index contributed by atoms with van der Waals surface area (Å²) in [7, 11) is 0. The van der Waals surface area contributed by atoms with Gasteiger partial charge >= 0.3 is 0 Å². The number of benzene rings is 2. The van der Waals surface area contributed by atoms with Crippen molar-refractivity contribution in [3.8, 4) is 17.1 Å². The van der Waals surface area contributed by atoms with Crippen molar-refractivity contribution in [3.05, 3.63) is 53.9 Å². The molecule has 0 aliphatic carbocycles. The van der Waals surface area contributed by atoms with Crippen LogP contribution in [-0.2, 0) is 6.42 Å². The number of hydrogen-bond donors (Lipinski definition) is 0. The molecule has 0 bridgehead atoms. The van der Waals surface area contributed by atoms with Gasteiger partial charge in [0, 0.05) is 18.1 Å². The highest BCUT2D eigenvalue weighted by Gasteiger charge is 2.17. The third-order valence-corrected chi connectivity index (χ3v) is 3.85. The number of hydrogen-bond acceptors (Lipinski definition) is 5. The molecule has 4 aromatic rings. The van der Waals surface area contributed by atoms with Crippen molar-refractivity contribution in [2.75, 3.05) is 0 Å². The highest BCUT2D eigenvalue weighted by atomic mass is 19.1. The molecular weight excluding hydrogens is 340 g/mol. The lowest BCUT2D eigenvalue weighted by Crippen LogP contribution is -2.02. The van der Waals surface area contributed by atoms with E-state index in [0.29, 0.717) is 40.6 Å². The van der Waals surface area contributed by atoms with E-state index < -0.39 is 11.6 Å². The first kappa shape index (κ1) is 16.3. The van der Waals surface area contributed by atoms with Crippen LogP contribution in [0, 0.1) is 17.6 Å². The van der Waals surface area contributed by atoms with E-state index in [9.17, 15) is 8.78 Å². The van der Waals surface area contributed by atoms with Crippen molar-refractivity contribution in [2.24, 2.45) is 5.92 Å². The molecule has 0 saturated carbocycles. The Kier molecular flexibility index (Phi) is 3.95. The zero-order valence-corrected chi connectivity index (χ0v) is 14.1. The zero-order valence-electron chi connectivity index (χ0n) is 14.1. The van der Waals surface area contributed by atoms with Gasteiger partial charge in [0.15, 0.2) is 11.6 Å². The van der Waals surface area contributed by atoms with E-state index in [0.717, 1.165) is 6.07 Å². The quantitative estimate of drug-likeness (QED) is 0.554. The largest absolute Gasteiger partial charge is 0.243 e. The standard InChI is InChI=1S/C18H15F2N5O/c1-10(2)5-17-21-18(11-3-4-15-16(6-11)24-26-23-15)25(22-17)14-8-12(19)7-13(20)9-14/h3-4,6-10H,5H2,1-2H3. The molecule has 0 fully saturated rings. The monoisotopic (exact) mass is 355 g/mol. The first-order valence-electron chi connectivity index (χ1n) is 8.14. The summed E-state index contributed by atoms with van der Waals surface area (Å²) in [6, 6.07) is 8.55. The summed E-state index contributed by atoms with van der Waals surface area (Å²) in [4.78, 5) is 4.58. The molecule has 26 heavy (non-hydrogen) atoms. The maximum Gasteiger partial charge on any atom is 0.163 e. The van der Waals surface area contributed by atoms with Crippen LogP contribution in [0.3, 0.4) is 0 Å². The van der Waals surface area contributed by atoms with E-state index in [1.165, 1.54) is 16.8 Å². The molecule has 132 valence electrons. The molecular formula is C18H15F2N5O. The second-order valence-corrected chi connectivity index (χ2v) is 6.46. The summed E-state index contributed by atoms with van der Waals surface area (Å²) in [5.74, 6) is 0.0461. The number of fused-ring (bicyclic) bond motifs is 1. The van der Waals surface area contributed by atoms with Crippen LogP contribution in [0.2, 0.25) is 0 Å². The average Bonchev–Trinajstić information content (AvgIpc) is 3.19. The van der Waals surface area contributed by atoms with Crippen molar-refractivity contribution >= 4 is 11.0 Å². The minimum atomic E-state index is -0.678. The van der Waals surface area contributed by atoms with Crippen LogP contribution in [0.25, 0.3) is 28.1 Å². The van der Waals surface area contributed by atoms with Gasteiger partial charge in [0.1, 0.15) is 22.7 Å². The molecule has 0 N–H and O–H groups in total. The van der Waals surface area contributed by atoms with Gasteiger partial charge in [-0.25, -0.2) is 23.1 Å². The van der Waals surface area contributed by atoms with Gasteiger partial charge in [-0.15, -0.1) is 0 Å². The fourth-order valence-electron chi connectivity index (χ4n) is 2.76. The Balaban J connectivity index is 1.90. The number of halogens is 2. The molecule has 2 aromatic heterocycles. The van der Waals surface area contributed by atoms with E-state index >= 15 is 0 Å². The Bertz CT molecular complexity index is 1070. The highest BCUT2D eigenvalue weighted by molar-refractivity contribution is 5.79. The lowest BCUT2D eigenvalue weighted by atomic mass is 10.1. The molecule has 0 saturated heterocycles. The first-order chi connectivity index (χ1) is 12.5. The molecule has 2 heterocycles. The van der Waals surface area contributed by atoms with Crippen molar-refractivity contribution in [3.63, 3.8) is 0 Å². The summed E-state index contributed by atoms with van der Waals surface area (Å²) < 4.78 is 33.6. The average molecular weight is 355 g/mol. The van der Waals surface area contributed by atoms with Crippen LogP contribution in [-0.4, -0.2) is 25.1 Å². The van der Waals surface area contributed by atoms with Crippen LogP contribution in [0.4, 0.5) is 8.78 Å². The van der Waals surface area contributed by atoms with Crippen LogP contribution in [0.15, 0.2) is 41.0 Å². The van der Waals surface area contributed by atoms with E-state index in [4.69, 9.17) is 4.63 Å². The molecule has 2 aromatic carbocycles. The molecule has 0 atom stereocenters. The van der Waals surface area contributed by atoms with Gasteiger partial charge in [0.05, 0.1) is 5.69 Å². The lowest BCUT2D eigenvalue weighted by Gasteiger charge is -2.06. The smallest absolute Gasteiger partial charge is 0.163 e. The molecule has 0 amide bonds. The molecule has 0 unspecified atom stereocenters. The normalized spacial score (nSPS) is 11.6. The molecule has 0 radical (unpaired) electrons. The maximum atomic E-state index is 13.7. The third-order valence-electron chi connectivity index (χ3n) is 3.85. The second-order valence-electron chi connectivity index (χ2n) is 6.46. The van der Waals surface area contributed by atoms with Crippen molar-refractivity contribution < 1.29 is 13.4 Å². The van der Waals surface area contributed by atoms with Gasteiger partial charge in [-0.3, -0.25) is 0 Å². The van der Waals surface area contributed by atoms with Crippen LogP contribution >= 0.6 is 0 Å². The maximum absolute atomic E-state index is 13.7. The van der Waals surface area contributed by atoms with Crippen molar-refractivity contribution in [1.82, 2.24) is 25.1 Å². The molecule has 6 nitrogen and oxygen atoms in total. The predicted molar refractivity (Wildman–Crippen MR) is 90.6 cm³/mol. The van der Waals surface area contributed by atoms with E-state index in [1.807, 2.05) is 0 Å². The Morgan fingerprint density at radius 3 is 2.46 bits per heavy atom. The Morgan fingerprint density at radius 2 is 1.73 bits per heavy atom. The molecule has 8 heteroatoms. The van der Waals surface area contributed by atoms with Gasteiger partial charge < -0.3 is 0 Å². The van der Waals surface area contributed by atoms with Gasteiger partial charge in [-0.1, -0.05) is 13.8 Å². The van der Waals surface area contributed by atoms with Crippen LogP contribution in [0.5, 0.6) is 0 Å². The number of rotatable bonds is 4. The van der Waals surface area contributed by atoms with Gasteiger partial charge in [0.25, 0.3) is 0 Å². The Hall–Kier alpha value is -3.16. The fourth-order valence-corrected chi connectivity index (χ4v) is 2.76. The van der Waals surface area contributed by atoms with Gasteiger partial charge in [-0.05, 0) is 46.6 Å². The Morgan fingerprint density at radius 1 is 1.00 bits per heavy atom. The molecule has 4 rings (SSSR count). The molecule has 0 aliphatic heterocycles. The predicted octanol–water partition coefficient (Wildman–Crippen LogP) is 3.95. The van der Waals surface area contributed by atoms with Gasteiger partial charge in [-0.2, -0.15) is 5.10 Å². The minimum absolute atomic E-state index is 0.262. The van der Waals surface area contributed by atoms with E-state index in [-0.39, 0.29) is 5.69 Å². The third kappa shape index (κ3) is 3.05. The summed E-state index contributed by atoms with van der Waals surface area (Å²) in [6.07, 6.45) is 0.644. The fraction of sp³-hybridized carbons (Fsp3) is 0.222. The summed E-state index contributed by atoms with van der Waals surface area (Å²) >= 11 is 0. The van der Waals surface area contributed by atoms with Crippen molar-refractivity contribution in [2.45, 2.75) is 20.3 Å². The minimum Gasteiger partial charge on any atom is -0.243 e. The van der Waals surface area contributed by atoms with E-state index in [2.05, 4.69) is 34.2 Å². The molecule has 0 aliphatic rings. The lowest BCUT2D eigenvalue weighted by molar-refractivity contribution is 0.315. The number of nitrogens with zero attached hydrogens (tertiary/aromatic N) is 5. The number of aromatic nitrogens is 5. The summed E-state index contributed by atoms with van der Waals surface area (Å²) in [6.45, 7) is 4.10. The Labute approximate surface area is 147 Å². The summed E-state index contributed by atoms with van der Waals surface area (Å²) in [5.41, 5.74) is 2.13. The zero-order chi connectivity index (χ0) is 18.3. The van der Waals surface area contributed by atoms with Gasteiger partial charge in [0.2, 0.25) is 0 Å². The van der Waals surface area contributed by atoms with Crippen LogP contribution < -0.4 is 0 Å². The van der Waals surface area contributed by atoms with Crippen LogP contribution in [0.1, 0.15) is 19.7 Å². The second kappa shape index (κ2) is 6.29. The van der Waals surface area contributed by atoms with Crippen molar-refractivity contribution in [1.29, 1.82) is 0 Å². The van der Waals surface area contributed by atoms with E-state index in [1.54, 1.807) is 18.2 Å². The highest BCUT2D eigenvalue weighted by Crippen LogP contribution is 2.25. The topological polar surface area (TPSA) is 69.6 Å². The first-order valence-corrected chi connectivity index (χ1v) is 8.14. The SMILES string of the molecule is CC(C)Cc1nc(-c2ccc3nonc3c2)n(-c2cc(F)cc(F)c2)n1. The molecule has 0 spiro atoms.